The number of piperidine rings is 1. The van der Waals surface area contributed by atoms with E-state index >= 15 is 0 Å². The monoisotopic (exact) mass is 386 g/mol. The van der Waals surface area contributed by atoms with Crippen molar-refractivity contribution in [3.63, 3.8) is 0 Å². The molecule has 4 heterocycles. The molecule has 3 aliphatic heterocycles. The molecule has 9 heteroatoms. The number of aromatic nitrogens is 2. The van der Waals surface area contributed by atoms with E-state index in [1.165, 1.54) is 12.8 Å². The van der Waals surface area contributed by atoms with Crippen molar-refractivity contribution >= 4 is 23.7 Å². The molecule has 4 amide bonds. The van der Waals surface area contributed by atoms with Crippen LogP contribution in [0.5, 0.6) is 0 Å². The van der Waals surface area contributed by atoms with Gasteiger partial charge in [0.1, 0.15) is 18.2 Å². The largest absolute Gasteiger partial charge is 0.357 e. The lowest BCUT2D eigenvalue weighted by molar-refractivity contribution is -0.137. The van der Waals surface area contributed by atoms with Gasteiger partial charge in [0.05, 0.1) is 6.54 Å². The summed E-state index contributed by atoms with van der Waals surface area (Å²) in [7, 11) is 0. The lowest BCUT2D eigenvalue weighted by Crippen LogP contribution is -2.45. The number of aryl methyl sites for hydroxylation is 1. The molecule has 28 heavy (non-hydrogen) atoms. The molecule has 4 rings (SSSR count). The van der Waals surface area contributed by atoms with Gasteiger partial charge in [-0.15, -0.1) is 0 Å². The number of imide groups is 1. The van der Waals surface area contributed by atoms with Crippen molar-refractivity contribution in [3.8, 4) is 0 Å². The first-order chi connectivity index (χ1) is 13.5. The van der Waals surface area contributed by atoms with Crippen molar-refractivity contribution in [2.75, 3.05) is 44.2 Å². The van der Waals surface area contributed by atoms with Gasteiger partial charge in [-0.3, -0.25) is 14.5 Å². The number of nitrogens with one attached hydrogen (secondary N) is 1. The van der Waals surface area contributed by atoms with E-state index in [0.717, 1.165) is 48.2 Å². The first-order valence-corrected chi connectivity index (χ1v) is 9.98. The van der Waals surface area contributed by atoms with Crippen LogP contribution < -0.4 is 10.2 Å². The summed E-state index contributed by atoms with van der Waals surface area (Å²) in [4.78, 5) is 50.3. The molecule has 0 unspecified atom stereocenters. The first kappa shape index (κ1) is 18.6. The molecule has 1 aromatic heterocycles. The topological polar surface area (TPSA) is 98.7 Å². The van der Waals surface area contributed by atoms with Crippen LogP contribution in [0.15, 0.2) is 6.07 Å². The fourth-order valence-corrected chi connectivity index (χ4v) is 4.10. The minimum absolute atomic E-state index is 0.0295. The second-order valence-electron chi connectivity index (χ2n) is 7.71. The van der Waals surface area contributed by atoms with E-state index in [1.807, 2.05) is 13.0 Å². The van der Waals surface area contributed by atoms with Gasteiger partial charge in [-0.05, 0) is 32.6 Å². The zero-order valence-corrected chi connectivity index (χ0v) is 16.2. The van der Waals surface area contributed by atoms with E-state index in [0.29, 0.717) is 13.1 Å². The van der Waals surface area contributed by atoms with E-state index in [4.69, 9.17) is 4.98 Å². The standard InChI is InChI=1S/C19H26N6O3/c1-13-10-15(23-6-2-3-7-23)22-18(21-13)14-4-8-24(9-5-14)17(27)12-25-16(26)11-20-19(25)28/h10,14H,2-9,11-12H2,1H3,(H,20,28). The van der Waals surface area contributed by atoms with Crippen molar-refractivity contribution in [1.82, 2.24) is 25.1 Å². The van der Waals surface area contributed by atoms with E-state index in [1.54, 1.807) is 4.90 Å². The molecule has 0 bridgehead atoms. The molecule has 0 aromatic carbocycles. The Bertz CT molecular complexity index is 768. The van der Waals surface area contributed by atoms with Crippen LogP contribution in [0.1, 0.15) is 43.1 Å². The molecule has 9 nitrogen and oxygen atoms in total. The number of anilines is 1. The summed E-state index contributed by atoms with van der Waals surface area (Å²) in [6.45, 7) is 5.05. The number of nitrogens with zero attached hydrogens (tertiary/aromatic N) is 5. The Balaban J connectivity index is 1.37. The van der Waals surface area contributed by atoms with Crippen LogP contribution in [-0.2, 0) is 9.59 Å². The highest BCUT2D eigenvalue weighted by atomic mass is 16.2. The SMILES string of the molecule is Cc1cc(N2CCCC2)nc(C2CCN(C(=O)CN3C(=O)CNC3=O)CC2)n1. The van der Waals surface area contributed by atoms with Crippen molar-refractivity contribution in [3.05, 3.63) is 17.6 Å². The highest BCUT2D eigenvalue weighted by Gasteiger charge is 2.33. The third-order valence-electron chi connectivity index (χ3n) is 5.73. The zero-order chi connectivity index (χ0) is 19.7. The molecule has 0 aliphatic carbocycles. The van der Waals surface area contributed by atoms with E-state index in [-0.39, 0.29) is 30.8 Å². The molecule has 0 radical (unpaired) electrons. The van der Waals surface area contributed by atoms with Gasteiger partial charge >= 0.3 is 6.03 Å². The summed E-state index contributed by atoms with van der Waals surface area (Å²) in [6.07, 6.45) is 3.98. The Morgan fingerprint density at radius 3 is 2.50 bits per heavy atom. The Morgan fingerprint density at radius 1 is 1.14 bits per heavy atom. The predicted octanol–water partition coefficient (Wildman–Crippen LogP) is 0.643. The summed E-state index contributed by atoms with van der Waals surface area (Å²) in [5, 5.41) is 2.44. The van der Waals surface area contributed by atoms with Crippen molar-refractivity contribution in [1.29, 1.82) is 0 Å². The molecule has 3 saturated heterocycles. The normalized spacial score (nSPS) is 20.8. The minimum Gasteiger partial charge on any atom is -0.357 e. The fourth-order valence-electron chi connectivity index (χ4n) is 4.10. The van der Waals surface area contributed by atoms with Crippen LogP contribution >= 0.6 is 0 Å². The molecule has 0 spiro atoms. The molecule has 3 fully saturated rings. The third kappa shape index (κ3) is 3.79. The van der Waals surface area contributed by atoms with Crippen LogP contribution in [0.2, 0.25) is 0 Å². The Morgan fingerprint density at radius 2 is 1.86 bits per heavy atom. The van der Waals surface area contributed by atoms with Gasteiger partial charge in [-0.2, -0.15) is 0 Å². The number of carbonyl (C=O) groups excluding carboxylic acids is 3. The zero-order valence-electron chi connectivity index (χ0n) is 16.2. The molecule has 3 aliphatic rings. The van der Waals surface area contributed by atoms with Crippen molar-refractivity contribution in [2.45, 2.75) is 38.5 Å². The van der Waals surface area contributed by atoms with Crippen LogP contribution in [0.3, 0.4) is 0 Å². The van der Waals surface area contributed by atoms with Gasteiger partial charge in [-0.25, -0.2) is 14.8 Å². The van der Waals surface area contributed by atoms with E-state index in [9.17, 15) is 14.4 Å². The smallest absolute Gasteiger partial charge is 0.325 e. The highest BCUT2D eigenvalue weighted by Crippen LogP contribution is 2.28. The lowest BCUT2D eigenvalue weighted by atomic mass is 9.95. The maximum Gasteiger partial charge on any atom is 0.325 e. The highest BCUT2D eigenvalue weighted by molar-refractivity contribution is 6.04. The molecular formula is C19H26N6O3. The number of urea groups is 1. The van der Waals surface area contributed by atoms with E-state index < -0.39 is 6.03 Å². The van der Waals surface area contributed by atoms with Crippen LogP contribution in [0, 0.1) is 6.92 Å². The van der Waals surface area contributed by atoms with Crippen LogP contribution in [0.4, 0.5) is 10.6 Å². The van der Waals surface area contributed by atoms with Crippen LogP contribution in [0.25, 0.3) is 0 Å². The van der Waals surface area contributed by atoms with Gasteiger partial charge in [0.2, 0.25) is 5.91 Å². The Labute approximate surface area is 164 Å². The minimum atomic E-state index is -0.490. The molecule has 0 saturated carbocycles. The quantitative estimate of drug-likeness (QED) is 0.763. The number of likely N-dealkylation sites (tertiary alicyclic amines) is 1. The average Bonchev–Trinajstić information content (AvgIpc) is 3.34. The van der Waals surface area contributed by atoms with Gasteiger partial charge in [0.15, 0.2) is 0 Å². The maximum absolute atomic E-state index is 12.5. The molecule has 0 atom stereocenters. The average molecular weight is 386 g/mol. The molecule has 1 N–H and O–H groups in total. The summed E-state index contributed by atoms with van der Waals surface area (Å²) in [5.74, 6) is 1.56. The van der Waals surface area contributed by atoms with Crippen molar-refractivity contribution < 1.29 is 14.4 Å². The number of carbonyl (C=O) groups is 3. The van der Waals surface area contributed by atoms with Gasteiger partial charge in [-0.1, -0.05) is 0 Å². The summed E-state index contributed by atoms with van der Waals surface area (Å²) in [6, 6.07) is 1.56. The van der Waals surface area contributed by atoms with E-state index in [2.05, 4.69) is 15.2 Å². The number of amides is 4. The molecule has 150 valence electrons. The van der Waals surface area contributed by atoms with Crippen molar-refractivity contribution in [2.24, 2.45) is 0 Å². The van der Waals surface area contributed by atoms with Crippen LogP contribution in [-0.4, -0.2) is 76.9 Å². The maximum atomic E-state index is 12.5. The summed E-state index contributed by atoms with van der Waals surface area (Å²) >= 11 is 0. The number of hydrogen-bond donors (Lipinski definition) is 1. The number of hydrogen-bond acceptors (Lipinski definition) is 6. The predicted molar refractivity (Wildman–Crippen MR) is 102 cm³/mol. The molecular weight excluding hydrogens is 360 g/mol. The second kappa shape index (κ2) is 7.73. The fraction of sp³-hybridized carbons (Fsp3) is 0.632. The number of rotatable bonds is 4. The second-order valence-corrected chi connectivity index (χ2v) is 7.71. The third-order valence-corrected chi connectivity index (χ3v) is 5.73. The first-order valence-electron chi connectivity index (χ1n) is 9.98. The molecule has 1 aromatic rings. The summed E-state index contributed by atoms with van der Waals surface area (Å²) in [5.41, 5.74) is 0.976. The lowest BCUT2D eigenvalue weighted by Gasteiger charge is -2.32. The Hall–Kier alpha value is -2.71. The van der Waals surface area contributed by atoms with Gasteiger partial charge in [0, 0.05) is 43.9 Å². The Kier molecular flexibility index (Phi) is 5.15. The summed E-state index contributed by atoms with van der Waals surface area (Å²) < 4.78 is 0. The van der Waals surface area contributed by atoms with Gasteiger partial charge in [0.25, 0.3) is 5.91 Å². The van der Waals surface area contributed by atoms with Gasteiger partial charge < -0.3 is 15.1 Å².